The van der Waals surface area contributed by atoms with Gasteiger partial charge in [0.1, 0.15) is 36.8 Å². The topological polar surface area (TPSA) is 87.7 Å². The number of aromatic nitrogens is 1. The number of thiocarbonyl (C=S) groups is 1. The summed E-state index contributed by atoms with van der Waals surface area (Å²) in [7, 11) is 0. The fourth-order valence-electron chi connectivity index (χ4n) is 3.80. The lowest BCUT2D eigenvalue weighted by Crippen LogP contribution is -3.14. The van der Waals surface area contributed by atoms with E-state index in [0.29, 0.717) is 23.8 Å². The number of pyridine rings is 1. The summed E-state index contributed by atoms with van der Waals surface area (Å²) in [5.74, 6) is 0.740. The van der Waals surface area contributed by atoms with Crippen LogP contribution in [-0.2, 0) is 4.74 Å². The van der Waals surface area contributed by atoms with E-state index in [-0.39, 0.29) is 0 Å². The third-order valence-electron chi connectivity index (χ3n) is 5.37. The summed E-state index contributed by atoms with van der Waals surface area (Å²) in [5, 5.41) is 21.1. The van der Waals surface area contributed by atoms with Crippen molar-refractivity contribution in [1.82, 2.24) is 10.6 Å². The van der Waals surface area contributed by atoms with Gasteiger partial charge in [0.2, 0.25) is 0 Å². The van der Waals surface area contributed by atoms with Crippen molar-refractivity contribution in [3.8, 4) is 6.07 Å². The fourth-order valence-corrected chi connectivity index (χ4v) is 4.00. The Hall–Kier alpha value is -2.47. The molecule has 2 aromatic rings. The van der Waals surface area contributed by atoms with Crippen LogP contribution in [0.2, 0.25) is 0 Å². The Kier molecular flexibility index (Phi) is 8.20. The van der Waals surface area contributed by atoms with Gasteiger partial charge in [-0.05, 0) is 49.3 Å². The second-order valence-electron chi connectivity index (χ2n) is 7.79. The van der Waals surface area contributed by atoms with Gasteiger partial charge in [-0.1, -0.05) is 6.07 Å². The van der Waals surface area contributed by atoms with E-state index in [2.05, 4.69) is 53.0 Å². The van der Waals surface area contributed by atoms with E-state index in [1.165, 1.54) is 5.56 Å². The molecular formula is C22H32N6OS+2. The Labute approximate surface area is 183 Å². The number of hydrogen-bond acceptors (Lipinski definition) is 4. The van der Waals surface area contributed by atoms with Crippen LogP contribution in [0.5, 0.6) is 0 Å². The van der Waals surface area contributed by atoms with Gasteiger partial charge in [-0.3, -0.25) is 5.32 Å². The summed E-state index contributed by atoms with van der Waals surface area (Å²) in [6, 6.07) is 8.45. The number of nitriles is 1. The highest BCUT2D eigenvalue weighted by molar-refractivity contribution is 7.80. The summed E-state index contributed by atoms with van der Waals surface area (Å²) in [6.45, 7) is 11.4. The Bertz CT molecular complexity index is 920. The van der Waals surface area contributed by atoms with Crippen LogP contribution >= 0.6 is 12.2 Å². The number of benzene rings is 1. The minimum Gasteiger partial charge on any atom is -0.370 e. The Morgan fingerprint density at radius 3 is 2.70 bits per heavy atom. The molecular weight excluding hydrogens is 396 g/mol. The molecule has 1 aliphatic rings. The molecule has 1 fully saturated rings. The number of hydrogen-bond donors (Lipinski definition) is 4. The zero-order chi connectivity index (χ0) is 21.3. The average molecular weight is 429 g/mol. The molecule has 0 aliphatic carbocycles. The van der Waals surface area contributed by atoms with Gasteiger partial charge in [0.25, 0.3) is 5.82 Å². The molecule has 8 heteroatoms. The standard InChI is InChI=1S/C22H30N6OS/c1-16-12-17(2)19-14-18(15-23)21(27-20(19)13-16)24-5-6-26-22(30)25-4-3-7-28-8-10-29-11-9-28/h12-14H,3-11H2,1-2H3,(H,24,27)(H2,25,26,30)/p+2. The number of ether oxygens (including phenoxy) is 1. The highest BCUT2D eigenvalue weighted by atomic mass is 32.1. The highest BCUT2D eigenvalue weighted by Gasteiger charge is 2.14. The van der Waals surface area contributed by atoms with Crippen LogP contribution in [0, 0.1) is 25.2 Å². The third-order valence-corrected chi connectivity index (χ3v) is 5.66. The van der Waals surface area contributed by atoms with Gasteiger partial charge in [0.05, 0.1) is 26.3 Å². The number of rotatable bonds is 8. The Balaban J connectivity index is 1.41. The van der Waals surface area contributed by atoms with Crippen molar-refractivity contribution in [2.75, 3.05) is 57.8 Å². The SMILES string of the molecule is Cc1cc(C)c2cc(C#N)c(NCCNC(=S)NCCC[NH+]3CCOCC3)[nH+]c2c1. The fraction of sp³-hybridized carbons (Fsp3) is 0.500. The first kappa shape index (κ1) is 22.2. The van der Waals surface area contributed by atoms with Gasteiger partial charge in [0, 0.05) is 18.4 Å². The number of nitrogens with one attached hydrogen (secondary N) is 5. The van der Waals surface area contributed by atoms with E-state index in [4.69, 9.17) is 17.0 Å². The number of H-pyrrole nitrogens is 1. The summed E-state index contributed by atoms with van der Waals surface area (Å²) >= 11 is 5.36. The van der Waals surface area contributed by atoms with E-state index in [9.17, 15) is 5.26 Å². The molecule has 1 aromatic carbocycles. The van der Waals surface area contributed by atoms with Crippen LogP contribution < -0.4 is 25.8 Å². The second kappa shape index (κ2) is 11.1. The molecule has 1 aliphatic heterocycles. The van der Waals surface area contributed by atoms with Crippen LogP contribution in [0.25, 0.3) is 10.9 Å². The normalized spacial score (nSPS) is 14.3. The summed E-state index contributed by atoms with van der Waals surface area (Å²) in [5.41, 5.74) is 4.00. The lowest BCUT2D eigenvalue weighted by molar-refractivity contribution is -0.908. The molecule has 0 amide bonds. The molecule has 0 saturated carbocycles. The quantitative estimate of drug-likeness (QED) is 0.358. The lowest BCUT2D eigenvalue weighted by atomic mass is 10.0. The smallest absolute Gasteiger partial charge is 0.290 e. The molecule has 7 nitrogen and oxygen atoms in total. The minimum atomic E-state index is 0.612. The lowest BCUT2D eigenvalue weighted by Gasteiger charge is -2.23. The molecule has 0 spiro atoms. The number of fused-ring (bicyclic) bond motifs is 1. The summed E-state index contributed by atoms with van der Waals surface area (Å²) in [4.78, 5) is 4.98. The number of anilines is 1. The largest absolute Gasteiger partial charge is 0.370 e. The maximum absolute atomic E-state index is 9.52. The first-order valence-corrected chi connectivity index (χ1v) is 11.0. The maximum Gasteiger partial charge on any atom is 0.290 e. The van der Waals surface area contributed by atoms with Crippen LogP contribution in [0.1, 0.15) is 23.1 Å². The van der Waals surface area contributed by atoms with Crippen molar-refractivity contribution < 1.29 is 14.6 Å². The molecule has 1 saturated heterocycles. The number of nitrogens with zero attached hydrogens (tertiary/aromatic N) is 1. The van der Waals surface area contributed by atoms with Gasteiger partial charge in [-0.2, -0.15) is 5.26 Å². The maximum atomic E-state index is 9.52. The van der Waals surface area contributed by atoms with Crippen LogP contribution in [0.15, 0.2) is 18.2 Å². The summed E-state index contributed by atoms with van der Waals surface area (Å²) < 4.78 is 5.38. The van der Waals surface area contributed by atoms with Gasteiger partial charge >= 0.3 is 0 Å². The molecule has 0 unspecified atom stereocenters. The molecule has 0 bridgehead atoms. The predicted molar refractivity (Wildman–Crippen MR) is 123 cm³/mol. The zero-order valence-electron chi connectivity index (χ0n) is 17.9. The van der Waals surface area contributed by atoms with E-state index < -0.39 is 0 Å². The van der Waals surface area contributed by atoms with Crippen LogP contribution in [0.3, 0.4) is 0 Å². The molecule has 3 rings (SSSR count). The van der Waals surface area contributed by atoms with Crippen LogP contribution in [-0.4, -0.2) is 57.6 Å². The third kappa shape index (κ3) is 6.26. The number of morpholine rings is 1. The average Bonchev–Trinajstić information content (AvgIpc) is 2.74. The molecule has 0 radical (unpaired) electrons. The van der Waals surface area contributed by atoms with Crippen molar-refractivity contribution >= 4 is 34.1 Å². The van der Waals surface area contributed by atoms with E-state index in [1.807, 2.05) is 6.07 Å². The molecule has 1 aromatic heterocycles. The van der Waals surface area contributed by atoms with Crippen molar-refractivity contribution in [3.63, 3.8) is 0 Å². The summed E-state index contributed by atoms with van der Waals surface area (Å²) in [6.07, 6.45) is 1.09. The van der Waals surface area contributed by atoms with Gasteiger partial charge in [0.15, 0.2) is 5.11 Å². The second-order valence-corrected chi connectivity index (χ2v) is 8.20. The number of aromatic amines is 1. The molecule has 160 valence electrons. The van der Waals surface area contributed by atoms with Crippen molar-refractivity contribution in [3.05, 3.63) is 34.9 Å². The number of quaternary nitrogens is 1. The highest BCUT2D eigenvalue weighted by Crippen LogP contribution is 2.21. The first-order valence-electron chi connectivity index (χ1n) is 10.6. The monoisotopic (exact) mass is 428 g/mol. The molecule has 2 heterocycles. The van der Waals surface area contributed by atoms with Crippen molar-refractivity contribution in [1.29, 1.82) is 5.26 Å². The Morgan fingerprint density at radius 1 is 1.17 bits per heavy atom. The Morgan fingerprint density at radius 2 is 1.93 bits per heavy atom. The van der Waals surface area contributed by atoms with Gasteiger partial charge in [-0.25, -0.2) is 4.98 Å². The van der Waals surface area contributed by atoms with E-state index in [0.717, 1.165) is 68.1 Å². The van der Waals surface area contributed by atoms with Gasteiger partial charge in [-0.15, -0.1) is 0 Å². The zero-order valence-corrected chi connectivity index (χ0v) is 18.7. The van der Waals surface area contributed by atoms with Crippen molar-refractivity contribution in [2.24, 2.45) is 0 Å². The number of aryl methyl sites for hydroxylation is 2. The van der Waals surface area contributed by atoms with Gasteiger partial charge < -0.3 is 20.3 Å². The molecule has 0 atom stereocenters. The van der Waals surface area contributed by atoms with E-state index in [1.54, 1.807) is 4.90 Å². The van der Waals surface area contributed by atoms with Crippen LogP contribution in [0.4, 0.5) is 5.82 Å². The molecule has 5 N–H and O–H groups in total. The minimum absolute atomic E-state index is 0.612. The molecule has 30 heavy (non-hydrogen) atoms. The first-order chi connectivity index (χ1) is 14.6. The van der Waals surface area contributed by atoms with E-state index >= 15 is 0 Å². The van der Waals surface area contributed by atoms with Crippen molar-refractivity contribution in [2.45, 2.75) is 20.3 Å². The predicted octanol–water partition coefficient (Wildman–Crippen LogP) is 0.324.